The molecule has 1 saturated carbocycles. The van der Waals surface area contributed by atoms with Crippen LogP contribution < -0.4 is 10.6 Å². The van der Waals surface area contributed by atoms with Crippen molar-refractivity contribution in [1.29, 1.82) is 0 Å². The number of nitrogens with two attached hydrogens (primary N) is 1. The number of benzene rings is 1. The van der Waals surface area contributed by atoms with Gasteiger partial charge in [-0.15, -0.1) is 6.42 Å². The monoisotopic (exact) mass is 581 g/mol. The molecular formula is C33H51N3O4Si. The first-order chi connectivity index (χ1) is 19.3. The number of esters is 1. The minimum atomic E-state index is -1.82. The summed E-state index contributed by atoms with van der Waals surface area (Å²) < 4.78 is 11.6. The van der Waals surface area contributed by atoms with Crippen molar-refractivity contribution in [3.63, 3.8) is 0 Å². The Morgan fingerprint density at radius 1 is 1.32 bits per heavy atom. The molecule has 0 bridgehead atoms. The quantitative estimate of drug-likeness (QED) is 0.0674. The van der Waals surface area contributed by atoms with E-state index < -0.39 is 14.5 Å². The van der Waals surface area contributed by atoms with Gasteiger partial charge in [0.2, 0.25) is 0 Å². The molecule has 226 valence electrons. The average molecular weight is 582 g/mol. The number of hydrogen-bond donors (Lipinski definition) is 2. The zero-order chi connectivity index (χ0) is 30.6. The third kappa shape index (κ3) is 10.6. The Bertz CT molecular complexity index is 1110. The van der Waals surface area contributed by atoms with E-state index in [4.69, 9.17) is 26.3 Å². The Morgan fingerprint density at radius 3 is 2.59 bits per heavy atom. The molecular weight excluding hydrogens is 530 g/mol. The maximum Gasteiger partial charge on any atom is 0.338 e. The van der Waals surface area contributed by atoms with E-state index >= 15 is 0 Å². The molecule has 3 N–H and O–H groups in total. The fraction of sp³-hybridized carbons (Fsp3) is 0.576. The first-order valence-electron chi connectivity index (χ1n) is 14.8. The minimum absolute atomic E-state index is 0.0107. The second-order valence-corrected chi connectivity index (χ2v) is 17.0. The minimum Gasteiger partial charge on any atom is -0.462 e. The first-order valence-corrected chi connectivity index (χ1v) is 17.7. The summed E-state index contributed by atoms with van der Waals surface area (Å²) in [5.41, 5.74) is 9.44. The fourth-order valence-corrected chi connectivity index (χ4v) is 5.42. The van der Waals surface area contributed by atoms with E-state index in [9.17, 15) is 9.90 Å². The van der Waals surface area contributed by atoms with Crippen LogP contribution in [0.3, 0.4) is 0 Å². The number of rotatable bonds is 14. The zero-order valence-corrected chi connectivity index (χ0v) is 27.2. The maximum atomic E-state index is 12.4. The van der Waals surface area contributed by atoms with Gasteiger partial charge in [0.15, 0.2) is 8.32 Å². The number of ether oxygens (including phenoxy) is 1. The van der Waals surface area contributed by atoms with E-state index in [2.05, 4.69) is 64.6 Å². The van der Waals surface area contributed by atoms with Gasteiger partial charge < -0.3 is 24.9 Å². The van der Waals surface area contributed by atoms with E-state index in [0.717, 1.165) is 36.9 Å². The van der Waals surface area contributed by atoms with E-state index in [1.807, 2.05) is 24.4 Å². The van der Waals surface area contributed by atoms with Crippen LogP contribution >= 0.6 is 0 Å². The number of aliphatic hydroxyl groups is 1. The lowest BCUT2D eigenvalue weighted by molar-refractivity contribution is 0.0499. The van der Waals surface area contributed by atoms with E-state index in [1.54, 1.807) is 12.1 Å². The van der Waals surface area contributed by atoms with Crippen LogP contribution in [0.2, 0.25) is 18.1 Å². The molecule has 0 saturated heterocycles. The van der Waals surface area contributed by atoms with Gasteiger partial charge >= 0.3 is 5.97 Å². The number of carbonyl (C=O) groups is 1. The van der Waals surface area contributed by atoms with Crippen molar-refractivity contribution in [2.45, 2.75) is 103 Å². The van der Waals surface area contributed by atoms with Gasteiger partial charge in [0.1, 0.15) is 6.23 Å². The van der Waals surface area contributed by atoms with Crippen LogP contribution in [0.25, 0.3) is 0 Å². The lowest BCUT2D eigenvalue weighted by atomic mass is 10.0. The van der Waals surface area contributed by atoms with Crippen LogP contribution in [0.4, 0.5) is 5.69 Å². The largest absolute Gasteiger partial charge is 0.462 e. The molecule has 1 aromatic carbocycles. The summed E-state index contributed by atoms with van der Waals surface area (Å²) in [7, 11) is -1.82. The van der Waals surface area contributed by atoms with Crippen molar-refractivity contribution >= 4 is 26.2 Å². The van der Waals surface area contributed by atoms with Gasteiger partial charge in [-0.05, 0) is 79.7 Å². The molecule has 41 heavy (non-hydrogen) atoms. The van der Waals surface area contributed by atoms with Gasteiger partial charge in [0, 0.05) is 18.3 Å². The van der Waals surface area contributed by atoms with Crippen molar-refractivity contribution in [3.05, 3.63) is 53.1 Å². The fourth-order valence-electron chi connectivity index (χ4n) is 4.49. The topological polar surface area (TPSA) is 97.4 Å². The predicted molar refractivity (Wildman–Crippen MR) is 173 cm³/mol. The standard InChI is InChI=1S/C33H51N3O4Si/c1-9-11-22-39-32(38)26-12-15-28(16-13-26)36(21-10-2)30-18-14-27(29(30)17-19-31(34)37)24-25(3)35-20-23-40-41(7,8)33(4,5)6/h2,12-13,15-17,20,24-25,30-31,37H,9,11,14,18-19,21-23,34H2,1,3-8H3/b27-24-,29-17+,35-20+. The highest BCUT2D eigenvalue weighted by molar-refractivity contribution is 6.74. The zero-order valence-electron chi connectivity index (χ0n) is 26.2. The molecule has 3 atom stereocenters. The second kappa shape index (κ2) is 16.1. The summed E-state index contributed by atoms with van der Waals surface area (Å²) in [5, 5.41) is 10.00. The van der Waals surface area contributed by atoms with Crippen molar-refractivity contribution in [2.75, 3.05) is 24.7 Å². The highest BCUT2D eigenvalue weighted by Crippen LogP contribution is 2.38. The number of aliphatic hydroxyl groups excluding tert-OH is 1. The Balaban J connectivity index is 2.23. The van der Waals surface area contributed by atoms with Gasteiger partial charge in [0.25, 0.3) is 0 Å². The Hall–Kier alpha value is -2.70. The number of terminal acetylenes is 1. The molecule has 0 spiro atoms. The molecule has 0 radical (unpaired) electrons. The third-order valence-electron chi connectivity index (χ3n) is 7.91. The van der Waals surface area contributed by atoms with Crippen LogP contribution in [-0.4, -0.2) is 63.7 Å². The second-order valence-electron chi connectivity index (χ2n) is 12.2. The molecule has 1 aliphatic rings. The van der Waals surface area contributed by atoms with Crippen molar-refractivity contribution in [2.24, 2.45) is 10.7 Å². The van der Waals surface area contributed by atoms with Gasteiger partial charge in [-0.25, -0.2) is 4.79 Å². The summed E-state index contributed by atoms with van der Waals surface area (Å²) in [6.07, 6.45) is 14.8. The summed E-state index contributed by atoms with van der Waals surface area (Å²) in [6, 6.07) is 7.39. The molecule has 2 rings (SSSR count). The van der Waals surface area contributed by atoms with Gasteiger partial charge in [-0.3, -0.25) is 4.99 Å². The molecule has 0 aromatic heterocycles. The Morgan fingerprint density at radius 2 is 2.00 bits per heavy atom. The molecule has 0 aliphatic heterocycles. The average Bonchev–Trinajstić information content (AvgIpc) is 3.29. The summed E-state index contributed by atoms with van der Waals surface area (Å²) in [6.45, 7) is 16.6. The first kappa shape index (κ1) is 34.5. The summed E-state index contributed by atoms with van der Waals surface area (Å²) in [5.74, 6) is 2.47. The normalized spacial score (nSPS) is 19.5. The van der Waals surface area contributed by atoms with Crippen molar-refractivity contribution in [1.82, 2.24) is 0 Å². The molecule has 7 nitrogen and oxygen atoms in total. The number of anilines is 1. The Labute approximate surface area is 249 Å². The molecule has 0 amide bonds. The smallest absolute Gasteiger partial charge is 0.338 e. The molecule has 1 aliphatic carbocycles. The number of aliphatic imine (C=N–C) groups is 1. The van der Waals surface area contributed by atoms with Crippen LogP contribution in [0.1, 0.15) is 77.1 Å². The van der Waals surface area contributed by atoms with Crippen LogP contribution in [-0.2, 0) is 9.16 Å². The predicted octanol–water partition coefficient (Wildman–Crippen LogP) is 6.25. The van der Waals surface area contributed by atoms with Crippen LogP contribution in [0.15, 0.2) is 52.6 Å². The number of carbonyl (C=O) groups excluding carboxylic acids is 1. The highest BCUT2D eigenvalue weighted by Gasteiger charge is 2.36. The number of unbranched alkanes of at least 4 members (excludes halogenated alkanes) is 1. The number of hydrogen-bond acceptors (Lipinski definition) is 7. The molecule has 1 fully saturated rings. The van der Waals surface area contributed by atoms with Gasteiger partial charge in [-0.2, -0.15) is 0 Å². The summed E-state index contributed by atoms with van der Waals surface area (Å²) in [4.78, 5) is 19.3. The van der Waals surface area contributed by atoms with Crippen LogP contribution in [0.5, 0.6) is 0 Å². The van der Waals surface area contributed by atoms with Gasteiger partial charge in [0.05, 0.1) is 37.4 Å². The van der Waals surface area contributed by atoms with E-state index in [0.29, 0.717) is 31.7 Å². The lowest BCUT2D eigenvalue weighted by Crippen LogP contribution is -2.41. The highest BCUT2D eigenvalue weighted by atomic mass is 28.4. The SMILES string of the molecule is C#CCN(c1ccc(C(=O)OCCCC)cc1)C1CCC(=C/C(C)/N=C/CO[Si](C)(C)C(C)(C)C)/C1=C\CC(N)O. The molecule has 8 heteroatoms. The van der Waals surface area contributed by atoms with Crippen molar-refractivity contribution in [3.8, 4) is 12.3 Å². The molecule has 3 unspecified atom stereocenters. The summed E-state index contributed by atoms with van der Waals surface area (Å²) >= 11 is 0. The molecule has 1 aromatic rings. The van der Waals surface area contributed by atoms with Crippen LogP contribution in [0, 0.1) is 12.3 Å². The lowest BCUT2D eigenvalue weighted by Gasteiger charge is -2.35. The molecule has 0 heterocycles. The number of nitrogens with zero attached hydrogens (tertiary/aromatic N) is 2. The van der Waals surface area contributed by atoms with Crippen molar-refractivity contribution < 1.29 is 19.1 Å². The van der Waals surface area contributed by atoms with E-state index in [1.165, 1.54) is 5.57 Å². The van der Waals surface area contributed by atoms with E-state index in [-0.39, 0.29) is 23.1 Å². The van der Waals surface area contributed by atoms with Gasteiger partial charge in [-0.1, -0.05) is 52.2 Å². The maximum absolute atomic E-state index is 12.4. The Kier molecular flexibility index (Phi) is 13.5. The third-order valence-corrected chi connectivity index (χ3v) is 12.4.